The fourth-order valence-electron chi connectivity index (χ4n) is 1.70. The van der Waals surface area contributed by atoms with E-state index in [4.69, 9.17) is 5.26 Å². The first-order valence-corrected chi connectivity index (χ1v) is 5.70. The number of nitriles is 1. The molecule has 0 aromatic carbocycles. The van der Waals surface area contributed by atoms with Crippen molar-refractivity contribution < 1.29 is 0 Å². The molecule has 0 aliphatic rings. The predicted molar refractivity (Wildman–Crippen MR) is 66.4 cm³/mol. The van der Waals surface area contributed by atoms with Gasteiger partial charge in [-0.1, -0.05) is 13.8 Å². The van der Waals surface area contributed by atoms with Crippen molar-refractivity contribution in [1.29, 1.82) is 5.26 Å². The molecule has 0 aliphatic heterocycles. The van der Waals surface area contributed by atoms with E-state index in [2.05, 4.69) is 36.7 Å². The average molecular weight is 217 g/mol. The first kappa shape index (κ1) is 12.5. The standard InChI is InChI=1S/C13H19N3/c1-5-16(9-10(2)3)13-7-12(8-14)6-11(4)15-13/h6-7,10H,5,9H2,1-4H3. The van der Waals surface area contributed by atoms with Crippen molar-refractivity contribution in [2.45, 2.75) is 27.7 Å². The Bertz CT molecular complexity index is 391. The van der Waals surface area contributed by atoms with Crippen LogP contribution in [-0.4, -0.2) is 18.1 Å². The third-order valence-electron chi connectivity index (χ3n) is 2.36. The second-order valence-corrected chi connectivity index (χ2v) is 4.40. The van der Waals surface area contributed by atoms with Gasteiger partial charge >= 0.3 is 0 Å². The number of nitrogens with zero attached hydrogens (tertiary/aromatic N) is 3. The molecule has 3 nitrogen and oxygen atoms in total. The minimum Gasteiger partial charge on any atom is -0.357 e. The van der Waals surface area contributed by atoms with E-state index in [0.29, 0.717) is 11.5 Å². The molecule has 1 aromatic heterocycles. The van der Waals surface area contributed by atoms with Crippen molar-refractivity contribution in [3.63, 3.8) is 0 Å². The van der Waals surface area contributed by atoms with Gasteiger partial charge in [-0.05, 0) is 31.9 Å². The summed E-state index contributed by atoms with van der Waals surface area (Å²) >= 11 is 0. The minimum absolute atomic E-state index is 0.591. The molecule has 3 heteroatoms. The Kier molecular flexibility index (Phi) is 4.30. The Labute approximate surface area is 97.7 Å². The van der Waals surface area contributed by atoms with Gasteiger partial charge in [-0.15, -0.1) is 0 Å². The molecular weight excluding hydrogens is 198 g/mol. The van der Waals surface area contributed by atoms with Crippen molar-refractivity contribution >= 4 is 5.82 Å². The highest BCUT2D eigenvalue weighted by Crippen LogP contribution is 2.15. The van der Waals surface area contributed by atoms with Gasteiger partial charge in [0.15, 0.2) is 0 Å². The zero-order chi connectivity index (χ0) is 12.1. The van der Waals surface area contributed by atoms with Gasteiger partial charge in [0, 0.05) is 18.8 Å². The maximum atomic E-state index is 8.93. The largest absolute Gasteiger partial charge is 0.357 e. The van der Waals surface area contributed by atoms with E-state index < -0.39 is 0 Å². The third kappa shape index (κ3) is 3.23. The Balaban J connectivity index is 3.01. The van der Waals surface area contributed by atoms with Gasteiger partial charge in [0.1, 0.15) is 5.82 Å². The summed E-state index contributed by atoms with van der Waals surface area (Å²) in [5.41, 5.74) is 1.58. The molecule has 0 bridgehead atoms. The molecule has 1 aromatic rings. The molecule has 0 N–H and O–H groups in total. The second-order valence-electron chi connectivity index (χ2n) is 4.40. The Hall–Kier alpha value is -1.56. The van der Waals surface area contributed by atoms with Crippen LogP contribution in [0.2, 0.25) is 0 Å². The van der Waals surface area contributed by atoms with E-state index in [1.54, 1.807) is 0 Å². The number of anilines is 1. The molecule has 0 aliphatic carbocycles. The van der Waals surface area contributed by atoms with Gasteiger partial charge in [0.05, 0.1) is 11.6 Å². The maximum absolute atomic E-state index is 8.93. The van der Waals surface area contributed by atoms with Crippen molar-refractivity contribution in [2.24, 2.45) is 5.92 Å². The second kappa shape index (κ2) is 5.50. The van der Waals surface area contributed by atoms with Crippen molar-refractivity contribution in [3.8, 4) is 6.07 Å². The van der Waals surface area contributed by atoms with Gasteiger partial charge in [-0.2, -0.15) is 5.26 Å². The number of aryl methyl sites for hydroxylation is 1. The number of rotatable bonds is 4. The maximum Gasteiger partial charge on any atom is 0.130 e. The molecule has 1 heterocycles. The first-order chi connectivity index (χ1) is 7.56. The molecule has 1 rings (SSSR count). The molecule has 0 unspecified atom stereocenters. The SMILES string of the molecule is CCN(CC(C)C)c1cc(C#N)cc(C)n1. The van der Waals surface area contributed by atoms with Crippen LogP contribution in [0.3, 0.4) is 0 Å². The van der Waals surface area contributed by atoms with E-state index in [9.17, 15) is 0 Å². The number of pyridine rings is 1. The van der Waals surface area contributed by atoms with Crippen molar-refractivity contribution in [1.82, 2.24) is 4.98 Å². The minimum atomic E-state index is 0.591. The smallest absolute Gasteiger partial charge is 0.130 e. The highest BCUT2D eigenvalue weighted by molar-refractivity contribution is 5.46. The third-order valence-corrected chi connectivity index (χ3v) is 2.36. The average Bonchev–Trinajstić information content (AvgIpc) is 2.24. The van der Waals surface area contributed by atoms with Gasteiger partial charge in [-0.3, -0.25) is 0 Å². The molecule has 0 saturated carbocycles. The van der Waals surface area contributed by atoms with Crippen LogP contribution >= 0.6 is 0 Å². The monoisotopic (exact) mass is 217 g/mol. The van der Waals surface area contributed by atoms with Crippen LogP contribution < -0.4 is 4.90 Å². The molecule has 86 valence electrons. The van der Waals surface area contributed by atoms with E-state index >= 15 is 0 Å². The molecule has 0 fully saturated rings. The van der Waals surface area contributed by atoms with E-state index in [1.165, 1.54) is 0 Å². The lowest BCUT2D eigenvalue weighted by atomic mass is 10.2. The van der Waals surface area contributed by atoms with Crippen LogP contribution in [0.5, 0.6) is 0 Å². The highest BCUT2D eigenvalue weighted by Gasteiger charge is 2.09. The summed E-state index contributed by atoms with van der Waals surface area (Å²) in [7, 11) is 0. The van der Waals surface area contributed by atoms with E-state index in [-0.39, 0.29) is 0 Å². The summed E-state index contributed by atoms with van der Waals surface area (Å²) in [6.45, 7) is 10.3. The molecule has 0 amide bonds. The lowest BCUT2D eigenvalue weighted by molar-refractivity contribution is 0.614. The van der Waals surface area contributed by atoms with Crippen LogP contribution in [-0.2, 0) is 0 Å². The fraction of sp³-hybridized carbons (Fsp3) is 0.538. The van der Waals surface area contributed by atoms with Gasteiger partial charge < -0.3 is 4.90 Å². The van der Waals surface area contributed by atoms with E-state index in [0.717, 1.165) is 24.6 Å². The molecular formula is C13H19N3. The predicted octanol–water partition coefficient (Wildman–Crippen LogP) is 2.74. The van der Waals surface area contributed by atoms with Gasteiger partial charge in [0.2, 0.25) is 0 Å². The zero-order valence-electron chi connectivity index (χ0n) is 10.5. The Morgan fingerprint density at radius 3 is 2.62 bits per heavy atom. The highest BCUT2D eigenvalue weighted by atomic mass is 15.2. The fourth-order valence-corrected chi connectivity index (χ4v) is 1.70. The van der Waals surface area contributed by atoms with Crippen LogP contribution in [0.15, 0.2) is 12.1 Å². The summed E-state index contributed by atoms with van der Waals surface area (Å²) in [5.74, 6) is 1.50. The Morgan fingerprint density at radius 2 is 2.12 bits per heavy atom. The lowest BCUT2D eigenvalue weighted by Crippen LogP contribution is -2.28. The quantitative estimate of drug-likeness (QED) is 0.778. The molecule has 0 atom stereocenters. The van der Waals surface area contributed by atoms with Gasteiger partial charge in [-0.25, -0.2) is 4.98 Å². The summed E-state index contributed by atoms with van der Waals surface area (Å²) in [5, 5.41) is 8.93. The lowest BCUT2D eigenvalue weighted by Gasteiger charge is -2.24. The van der Waals surface area contributed by atoms with Crippen LogP contribution in [0.25, 0.3) is 0 Å². The summed E-state index contributed by atoms with van der Waals surface area (Å²) in [4.78, 5) is 6.69. The van der Waals surface area contributed by atoms with Crippen molar-refractivity contribution in [2.75, 3.05) is 18.0 Å². The molecule has 0 spiro atoms. The number of hydrogen-bond donors (Lipinski definition) is 0. The van der Waals surface area contributed by atoms with Gasteiger partial charge in [0.25, 0.3) is 0 Å². The topological polar surface area (TPSA) is 39.9 Å². The summed E-state index contributed by atoms with van der Waals surface area (Å²) in [6.07, 6.45) is 0. The first-order valence-electron chi connectivity index (χ1n) is 5.70. The van der Waals surface area contributed by atoms with Crippen LogP contribution in [0, 0.1) is 24.2 Å². The van der Waals surface area contributed by atoms with Crippen LogP contribution in [0.4, 0.5) is 5.82 Å². The summed E-state index contributed by atoms with van der Waals surface area (Å²) < 4.78 is 0. The van der Waals surface area contributed by atoms with Crippen molar-refractivity contribution in [3.05, 3.63) is 23.4 Å². The summed E-state index contributed by atoms with van der Waals surface area (Å²) in [6, 6.07) is 5.85. The molecule has 16 heavy (non-hydrogen) atoms. The Morgan fingerprint density at radius 1 is 1.44 bits per heavy atom. The molecule has 0 saturated heterocycles. The molecule has 0 radical (unpaired) electrons. The van der Waals surface area contributed by atoms with Crippen LogP contribution in [0.1, 0.15) is 32.0 Å². The number of hydrogen-bond acceptors (Lipinski definition) is 3. The normalized spacial score (nSPS) is 10.2. The zero-order valence-corrected chi connectivity index (χ0v) is 10.5. The van der Waals surface area contributed by atoms with E-state index in [1.807, 2.05) is 19.1 Å². The number of aromatic nitrogens is 1.